The van der Waals surface area contributed by atoms with Crippen LogP contribution in [0.1, 0.15) is 117 Å². The highest BCUT2D eigenvalue weighted by molar-refractivity contribution is 6.28. The highest BCUT2D eigenvalue weighted by atomic mass is 35.5. The predicted octanol–water partition coefficient (Wildman–Crippen LogP) is 0.766. The molecule has 4 amide bonds. The van der Waals surface area contributed by atoms with Gasteiger partial charge in [-0.1, -0.05) is 59.3 Å². The Morgan fingerprint density at radius 3 is 1.63 bits per heavy atom. The molecule has 0 aliphatic rings. The van der Waals surface area contributed by atoms with E-state index in [-0.39, 0.29) is 68.4 Å². The summed E-state index contributed by atoms with van der Waals surface area (Å²) >= 11 is 5.81. The molecule has 0 spiro atoms. The Hall–Kier alpha value is -3.66. The van der Waals surface area contributed by atoms with Crippen molar-refractivity contribution in [3.8, 4) is 0 Å². The number of Topliss-reactive ketones (excluding diaryl/α,β-unsaturated/α-hetero) is 1. The zero-order valence-corrected chi connectivity index (χ0v) is 31.8. The monoisotopic (exact) mass is 743 g/mol. The molecule has 0 unspecified atom stereocenters. The molecule has 0 aromatic carbocycles. The van der Waals surface area contributed by atoms with Gasteiger partial charge in [0.1, 0.15) is 18.1 Å². The van der Waals surface area contributed by atoms with Crippen molar-refractivity contribution < 1.29 is 24.0 Å². The SMILES string of the molecule is CCCCCCCCCC(=O)N[C@@H](CCCN=C(N)N)C(=O)N[C@H](C(=O)N[C@H](CCCCN)C(=O)N[C@@H](CCCN=C(N)N)C(=O)CCl)C(C)C. The number of nitrogens with zero attached hydrogens (tertiary/aromatic N) is 2. The standard InChI is InChI=1S/C34H66ClN11O5/c1-4-5-6-7-8-9-10-18-28(48)43-25(17-14-21-42-34(39)40)31(50)46-29(23(2)3)32(51)45-26(15-11-12-19-36)30(49)44-24(27(47)22-35)16-13-20-41-33(37)38/h23-26,29H,4-22,36H2,1-3H3,(H,43,48)(H,44,49)(H,45,51)(H,46,50)(H4,37,38,41)(H4,39,40,42)/t24-,25-,26+,29-/m0/s1. The summed E-state index contributed by atoms with van der Waals surface area (Å²) in [5.74, 6) is -3.22. The van der Waals surface area contributed by atoms with Crippen molar-refractivity contribution in [3.63, 3.8) is 0 Å². The number of amides is 4. The lowest BCUT2D eigenvalue weighted by molar-refractivity contribution is -0.135. The number of nitrogens with two attached hydrogens (primary N) is 5. The average molecular weight is 744 g/mol. The Balaban J connectivity index is 5.77. The summed E-state index contributed by atoms with van der Waals surface area (Å²) in [7, 11) is 0. The number of unbranched alkanes of at least 4 members (excludes halogenated alkanes) is 7. The van der Waals surface area contributed by atoms with Crippen LogP contribution in [0.15, 0.2) is 9.98 Å². The maximum absolute atomic E-state index is 13.7. The molecule has 16 nitrogen and oxygen atoms in total. The minimum Gasteiger partial charge on any atom is -0.370 e. The van der Waals surface area contributed by atoms with Gasteiger partial charge < -0.3 is 49.9 Å². The third-order valence-corrected chi connectivity index (χ3v) is 8.48. The normalized spacial score (nSPS) is 13.3. The van der Waals surface area contributed by atoms with E-state index in [0.29, 0.717) is 38.6 Å². The number of alkyl halides is 1. The first-order valence-electron chi connectivity index (χ1n) is 18.4. The second-order valence-electron chi connectivity index (χ2n) is 13.1. The molecule has 0 saturated carbocycles. The fraction of sp³-hybridized carbons (Fsp3) is 0.794. The van der Waals surface area contributed by atoms with Crippen molar-refractivity contribution in [2.45, 2.75) is 141 Å². The average Bonchev–Trinajstić information content (AvgIpc) is 3.07. The van der Waals surface area contributed by atoms with Gasteiger partial charge in [-0.25, -0.2) is 0 Å². The first-order valence-corrected chi connectivity index (χ1v) is 18.9. The van der Waals surface area contributed by atoms with Crippen molar-refractivity contribution in [3.05, 3.63) is 0 Å². The van der Waals surface area contributed by atoms with Gasteiger partial charge in [0.15, 0.2) is 17.7 Å². The third-order valence-electron chi connectivity index (χ3n) is 8.21. The summed E-state index contributed by atoms with van der Waals surface area (Å²) in [6.45, 7) is 6.58. The number of carbonyl (C=O) groups excluding carboxylic acids is 5. The first kappa shape index (κ1) is 47.3. The van der Waals surface area contributed by atoms with E-state index in [0.717, 1.165) is 19.3 Å². The fourth-order valence-electron chi connectivity index (χ4n) is 5.28. The molecule has 0 aliphatic heterocycles. The van der Waals surface area contributed by atoms with Crippen LogP contribution in [0.5, 0.6) is 0 Å². The van der Waals surface area contributed by atoms with Crippen LogP contribution in [-0.4, -0.2) is 91.0 Å². The molecule has 4 atom stereocenters. The number of hydrogen-bond acceptors (Lipinski definition) is 8. The highest BCUT2D eigenvalue weighted by Gasteiger charge is 2.32. The number of ketones is 1. The minimum atomic E-state index is -1.04. The Morgan fingerprint density at radius 2 is 1.10 bits per heavy atom. The van der Waals surface area contributed by atoms with Crippen LogP contribution in [0.2, 0.25) is 0 Å². The zero-order chi connectivity index (χ0) is 38.6. The summed E-state index contributed by atoms with van der Waals surface area (Å²) in [5.41, 5.74) is 27.3. The van der Waals surface area contributed by atoms with E-state index >= 15 is 0 Å². The van der Waals surface area contributed by atoms with Crippen molar-refractivity contribution in [2.24, 2.45) is 44.6 Å². The lowest BCUT2D eigenvalue weighted by atomic mass is 10.00. The molecule has 0 radical (unpaired) electrons. The van der Waals surface area contributed by atoms with Crippen LogP contribution in [0.4, 0.5) is 0 Å². The maximum atomic E-state index is 13.7. The number of nitrogens with one attached hydrogen (secondary N) is 4. The summed E-state index contributed by atoms with van der Waals surface area (Å²) in [6.07, 6.45) is 10.3. The Kier molecular flexibility index (Phi) is 26.9. The third kappa shape index (κ3) is 23.4. The summed E-state index contributed by atoms with van der Waals surface area (Å²) in [6, 6.07) is -3.91. The van der Waals surface area contributed by atoms with E-state index in [1.807, 2.05) is 0 Å². The van der Waals surface area contributed by atoms with Crippen LogP contribution in [0.3, 0.4) is 0 Å². The van der Waals surface area contributed by atoms with Gasteiger partial charge >= 0.3 is 0 Å². The van der Waals surface area contributed by atoms with Crippen molar-refractivity contribution in [2.75, 3.05) is 25.5 Å². The number of carbonyl (C=O) groups is 5. The van der Waals surface area contributed by atoms with Crippen LogP contribution in [-0.2, 0) is 24.0 Å². The van der Waals surface area contributed by atoms with Gasteiger partial charge in [0, 0.05) is 19.5 Å². The summed E-state index contributed by atoms with van der Waals surface area (Å²) in [5, 5.41) is 11.1. The molecule has 0 bridgehead atoms. The second-order valence-corrected chi connectivity index (χ2v) is 13.4. The molecule has 14 N–H and O–H groups in total. The zero-order valence-electron chi connectivity index (χ0n) is 31.0. The lowest BCUT2D eigenvalue weighted by Crippen LogP contribution is -2.59. The Bertz CT molecular complexity index is 1100. The van der Waals surface area contributed by atoms with E-state index in [9.17, 15) is 24.0 Å². The molecule has 0 fully saturated rings. The quantitative estimate of drug-likeness (QED) is 0.0215. The van der Waals surface area contributed by atoms with Crippen LogP contribution in [0, 0.1) is 5.92 Å². The predicted molar refractivity (Wildman–Crippen MR) is 204 cm³/mol. The molecule has 0 heterocycles. The van der Waals surface area contributed by atoms with Crippen molar-refractivity contribution >= 4 is 52.9 Å². The molecule has 0 aromatic rings. The van der Waals surface area contributed by atoms with Crippen molar-refractivity contribution in [1.29, 1.82) is 0 Å². The molecule has 0 aliphatic carbocycles. The van der Waals surface area contributed by atoms with Gasteiger partial charge in [-0.05, 0) is 63.8 Å². The highest BCUT2D eigenvalue weighted by Crippen LogP contribution is 2.11. The smallest absolute Gasteiger partial charge is 0.243 e. The van der Waals surface area contributed by atoms with E-state index in [2.05, 4.69) is 38.2 Å². The van der Waals surface area contributed by atoms with Gasteiger partial charge in [-0.2, -0.15) is 0 Å². The second kappa shape index (κ2) is 29.0. The van der Waals surface area contributed by atoms with E-state index < -0.39 is 47.7 Å². The van der Waals surface area contributed by atoms with Gasteiger partial charge in [-0.3, -0.25) is 34.0 Å². The van der Waals surface area contributed by atoms with Crippen molar-refractivity contribution in [1.82, 2.24) is 21.3 Å². The minimum absolute atomic E-state index is 0.0788. The maximum Gasteiger partial charge on any atom is 0.243 e. The van der Waals surface area contributed by atoms with Crippen LogP contribution in [0.25, 0.3) is 0 Å². The number of aliphatic imine (C=N–C) groups is 2. The molecule has 0 rings (SSSR count). The summed E-state index contributed by atoms with van der Waals surface area (Å²) in [4.78, 5) is 74.0. The number of halogens is 1. The fourth-order valence-corrected chi connectivity index (χ4v) is 5.46. The molecule has 294 valence electrons. The molecule has 17 heteroatoms. The van der Waals surface area contributed by atoms with Crippen LogP contribution < -0.4 is 49.9 Å². The number of guanidine groups is 2. The topological polar surface area (TPSA) is 288 Å². The molecular weight excluding hydrogens is 678 g/mol. The number of hydrogen-bond donors (Lipinski definition) is 9. The molecular formula is C34H66ClN11O5. The van der Waals surface area contributed by atoms with Gasteiger partial charge in [0.2, 0.25) is 23.6 Å². The van der Waals surface area contributed by atoms with Crippen LogP contribution >= 0.6 is 11.6 Å². The largest absolute Gasteiger partial charge is 0.370 e. The summed E-state index contributed by atoms with van der Waals surface area (Å²) < 4.78 is 0. The van der Waals surface area contributed by atoms with Gasteiger partial charge in [-0.15, -0.1) is 11.6 Å². The van der Waals surface area contributed by atoms with E-state index in [1.165, 1.54) is 19.3 Å². The Labute approximate surface area is 309 Å². The van der Waals surface area contributed by atoms with E-state index in [1.54, 1.807) is 13.8 Å². The first-order chi connectivity index (χ1) is 24.3. The van der Waals surface area contributed by atoms with E-state index in [4.69, 9.17) is 40.3 Å². The molecule has 0 aromatic heterocycles. The molecule has 51 heavy (non-hydrogen) atoms. The van der Waals surface area contributed by atoms with Gasteiger partial charge in [0.25, 0.3) is 0 Å². The molecule has 0 saturated heterocycles. The Morgan fingerprint density at radius 1 is 0.608 bits per heavy atom. The lowest BCUT2D eigenvalue weighted by Gasteiger charge is -2.28. The van der Waals surface area contributed by atoms with Gasteiger partial charge in [0.05, 0.1) is 11.9 Å². The number of rotatable bonds is 30.